The summed E-state index contributed by atoms with van der Waals surface area (Å²) in [5.74, 6) is 0.964. The Balaban J connectivity index is 1.65. The normalized spacial score (nSPS) is 14.9. The molecule has 1 aromatic heterocycles. The molecule has 1 aliphatic rings. The second-order valence-electron chi connectivity index (χ2n) is 6.31. The summed E-state index contributed by atoms with van der Waals surface area (Å²) in [6, 6.07) is 8.34. The zero-order valence-corrected chi connectivity index (χ0v) is 14.0. The lowest BCUT2D eigenvalue weighted by Gasteiger charge is -2.26. The van der Waals surface area contributed by atoms with Gasteiger partial charge in [0.1, 0.15) is 5.75 Å². The van der Waals surface area contributed by atoms with Crippen molar-refractivity contribution in [3.63, 3.8) is 0 Å². The predicted octanol–water partition coefficient (Wildman–Crippen LogP) is 2.66. The van der Waals surface area contributed by atoms with E-state index in [4.69, 9.17) is 4.74 Å². The van der Waals surface area contributed by atoms with Crippen LogP contribution in [0.3, 0.4) is 0 Å². The lowest BCUT2D eigenvalue weighted by molar-refractivity contribution is 0.120. The van der Waals surface area contributed by atoms with E-state index in [2.05, 4.69) is 51.7 Å². The molecular weight excluding hydrogens is 288 g/mol. The van der Waals surface area contributed by atoms with Crippen LogP contribution in [0.1, 0.15) is 24.8 Å². The van der Waals surface area contributed by atoms with E-state index in [1.165, 1.54) is 24.8 Å². The van der Waals surface area contributed by atoms with Crippen molar-refractivity contribution in [3.05, 3.63) is 36.0 Å². The summed E-state index contributed by atoms with van der Waals surface area (Å²) in [5.41, 5.74) is 3.47. The van der Waals surface area contributed by atoms with Crippen LogP contribution in [0.25, 0.3) is 11.3 Å². The zero-order valence-electron chi connectivity index (χ0n) is 14.0. The van der Waals surface area contributed by atoms with E-state index < -0.39 is 0 Å². The van der Waals surface area contributed by atoms with Crippen LogP contribution in [0.5, 0.6) is 5.75 Å². The highest BCUT2D eigenvalue weighted by molar-refractivity contribution is 5.63. The molecule has 1 aliphatic carbocycles. The maximum absolute atomic E-state index is 5.92. The molecule has 0 radical (unpaired) electrons. The van der Waals surface area contributed by atoms with Gasteiger partial charge in [0.25, 0.3) is 0 Å². The Bertz CT molecular complexity index is 604. The Kier molecular flexibility index (Phi) is 5.31. The molecule has 0 spiro atoms. The molecule has 1 saturated carbocycles. The number of aromatic amines is 1. The summed E-state index contributed by atoms with van der Waals surface area (Å²) in [6.07, 6.45) is 6.01. The molecule has 1 heterocycles. The van der Waals surface area contributed by atoms with Crippen molar-refractivity contribution in [1.29, 1.82) is 0 Å². The number of hydrogen-bond acceptors (Lipinski definition) is 4. The van der Waals surface area contributed by atoms with Crippen LogP contribution in [0, 0.1) is 0 Å². The Morgan fingerprint density at radius 1 is 1.30 bits per heavy atom. The van der Waals surface area contributed by atoms with Crippen LogP contribution >= 0.6 is 0 Å². The first-order valence-corrected chi connectivity index (χ1v) is 8.38. The largest absolute Gasteiger partial charge is 0.490 e. The predicted molar refractivity (Wildman–Crippen MR) is 92.6 cm³/mol. The molecule has 1 fully saturated rings. The van der Waals surface area contributed by atoms with E-state index in [9.17, 15) is 0 Å². The fourth-order valence-electron chi connectivity index (χ4n) is 2.73. The highest BCUT2D eigenvalue weighted by Crippen LogP contribution is 2.28. The van der Waals surface area contributed by atoms with Gasteiger partial charge in [-0.05, 0) is 57.6 Å². The number of H-pyrrole nitrogens is 1. The van der Waals surface area contributed by atoms with E-state index in [1.807, 2.05) is 13.2 Å². The number of hydrogen-bond donors (Lipinski definition) is 2. The van der Waals surface area contributed by atoms with Gasteiger partial charge in [-0.15, -0.1) is 0 Å². The first kappa shape index (κ1) is 16.0. The molecule has 5 nitrogen and oxygen atoms in total. The molecule has 0 bridgehead atoms. The molecule has 2 N–H and O–H groups in total. The van der Waals surface area contributed by atoms with E-state index in [1.54, 1.807) is 0 Å². The van der Waals surface area contributed by atoms with E-state index >= 15 is 0 Å². The molecule has 2 aromatic rings. The van der Waals surface area contributed by atoms with Crippen LogP contribution in [-0.4, -0.2) is 48.4 Å². The number of aromatic nitrogens is 2. The molecule has 3 rings (SSSR count). The fourth-order valence-corrected chi connectivity index (χ4v) is 2.73. The van der Waals surface area contributed by atoms with Gasteiger partial charge in [-0.25, -0.2) is 0 Å². The van der Waals surface area contributed by atoms with E-state index in [-0.39, 0.29) is 0 Å². The lowest BCUT2D eigenvalue weighted by atomic mass is 9.96. The van der Waals surface area contributed by atoms with Crippen molar-refractivity contribution in [1.82, 2.24) is 20.4 Å². The monoisotopic (exact) mass is 314 g/mol. The highest BCUT2D eigenvalue weighted by atomic mass is 16.5. The second-order valence-corrected chi connectivity index (χ2v) is 6.31. The summed E-state index contributed by atoms with van der Waals surface area (Å²) in [5, 5.41) is 10.5. The summed E-state index contributed by atoms with van der Waals surface area (Å²) in [4.78, 5) is 2.29. The van der Waals surface area contributed by atoms with Crippen molar-refractivity contribution in [2.75, 3.05) is 27.2 Å². The lowest BCUT2D eigenvalue weighted by Crippen LogP contribution is -2.27. The van der Waals surface area contributed by atoms with Gasteiger partial charge in [-0.3, -0.25) is 5.10 Å². The molecular formula is C18H26N4O. The molecule has 1 aromatic carbocycles. The number of benzene rings is 1. The number of nitrogens with one attached hydrogen (secondary N) is 2. The quantitative estimate of drug-likeness (QED) is 0.786. The summed E-state index contributed by atoms with van der Waals surface area (Å²) >= 11 is 0. The van der Waals surface area contributed by atoms with Gasteiger partial charge in [0.05, 0.1) is 18.0 Å². The Morgan fingerprint density at radius 3 is 2.74 bits per heavy atom. The third-order valence-electron chi connectivity index (χ3n) is 4.40. The van der Waals surface area contributed by atoms with Crippen LogP contribution in [0.15, 0.2) is 30.5 Å². The van der Waals surface area contributed by atoms with Crippen LogP contribution < -0.4 is 10.1 Å². The number of likely N-dealkylation sites (N-methyl/N-ethyl adjacent to an activating group) is 2. The maximum Gasteiger partial charge on any atom is 0.119 e. The van der Waals surface area contributed by atoms with Crippen LogP contribution in [0.2, 0.25) is 0 Å². The Morgan fingerprint density at radius 2 is 2.09 bits per heavy atom. The number of ether oxygens (including phenoxy) is 1. The number of rotatable bonds is 8. The molecule has 5 heteroatoms. The third-order valence-corrected chi connectivity index (χ3v) is 4.40. The molecule has 0 amide bonds. The molecule has 0 aliphatic heterocycles. The molecule has 124 valence electrons. The number of nitrogens with zero attached hydrogens (tertiary/aromatic N) is 2. The van der Waals surface area contributed by atoms with Gasteiger partial charge in [-0.1, -0.05) is 0 Å². The van der Waals surface area contributed by atoms with Gasteiger partial charge in [0, 0.05) is 30.8 Å². The van der Waals surface area contributed by atoms with Crippen molar-refractivity contribution in [2.45, 2.75) is 31.9 Å². The molecule has 0 atom stereocenters. The van der Waals surface area contributed by atoms with Gasteiger partial charge in [0.15, 0.2) is 0 Å². The topological polar surface area (TPSA) is 53.2 Å². The van der Waals surface area contributed by atoms with E-state index in [0.717, 1.165) is 36.6 Å². The Hall–Kier alpha value is -1.85. The van der Waals surface area contributed by atoms with Crippen molar-refractivity contribution >= 4 is 0 Å². The van der Waals surface area contributed by atoms with Crippen molar-refractivity contribution in [3.8, 4) is 17.0 Å². The molecule has 0 saturated heterocycles. The van der Waals surface area contributed by atoms with Crippen LogP contribution in [0.4, 0.5) is 0 Å². The molecule has 23 heavy (non-hydrogen) atoms. The van der Waals surface area contributed by atoms with Crippen LogP contribution in [-0.2, 0) is 6.54 Å². The minimum absolute atomic E-state index is 0.421. The van der Waals surface area contributed by atoms with Gasteiger partial charge in [-0.2, -0.15) is 5.10 Å². The zero-order chi connectivity index (χ0) is 16.1. The standard InChI is InChI=1S/C18H26N4O/c1-19-10-11-22(2)13-15-12-20-21-18(15)14-6-8-17(9-7-14)23-16-4-3-5-16/h6-9,12,16,19H,3-5,10-11,13H2,1-2H3,(H,20,21). The summed E-state index contributed by atoms with van der Waals surface area (Å²) in [6.45, 7) is 2.88. The summed E-state index contributed by atoms with van der Waals surface area (Å²) < 4.78 is 5.92. The fraction of sp³-hybridized carbons (Fsp3) is 0.500. The van der Waals surface area contributed by atoms with E-state index in [0.29, 0.717) is 6.10 Å². The van der Waals surface area contributed by atoms with Gasteiger partial charge >= 0.3 is 0 Å². The first-order valence-electron chi connectivity index (χ1n) is 8.38. The minimum Gasteiger partial charge on any atom is -0.490 e. The minimum atomic E-state index is 0.421. The molecule has 0 unspecified atom stereocenters. The maximum atomic E-state index is 5.92. The third kappa shape index (κ3) is 4.12. The average Bonchev–Trinajstić information content (AvgIpc) is 2.97. The van der Waals surface area contributed by atoms with Gasteiger partial charge < -0.3 is 15.0 Å². The Labute approximate surface area is 138 Å². The first-order chi connectivity index (χ1) is 11.3. The summed E-state index contributed by atoms with van der Waals surface area (Å²) in [7, 11) is 4.11. The van der Waals surface area contributed by atoms with Crippen molar-refractivity contribution in [2.24, 2.45) is 0 Å². The average molecular weight is 314 g/mol. The van der Waals surface area contributed by atoms with Gasteiger partial charge in [0.2, 0.25) is 0 Å². The second kappa shape index (κ2) is 7.62. The highest BCUT2D eigenvalue weighted by Gasteiger charge is 2.19. The van der Waals surface area contributed by atoms with Crippen molar-refractivity contribution < 1.29 is 4.74 Å². The smallest absolute Gasteiger partial charge is 0.119 e. The SMILES string of the molecule is CNCCN(C)Cc1cn[nH]c1-c1ccc(OC2CCC2)cc1.